The van der Waals surface area contributed by atoms with Gasteiger partial charge in [-0.2, -0.15) is 0 Å². The van der Waals surface area contributed by atoms with Crippen LogP contribution in [0.3, 0.4) is 0 Å². The Morgan fingerprint density at radius 2 is 2.25 bits per heavy atom. The number of hydrogen-bond donors (Lipinski definition) is 2. The molecule has 0 amide bonds. The van der Waals surface area contributed by atoms with Crippen molar-refractivity contribution in [1.82, 2.24) is 0 Å². The maximum Gasteiger partial charge on any atom is 0.311 e. The molecule has 20 heavy (non-hydrogen) atoms. The molecule has 0 bridgehead atoms. The number of hydrogen-bond acceptors (Lipinski definition) is 5. The summed E-state index contributed by atoms with van der Waals surface area (Å²) in [7, 11) is 1.49. The highest BCUT2D eigenvalue weighted by Crippen LogP contribution is 2.49. The molecule has 1 aromatic carbocycles. The monoisotopic (exact) mass is 279 g/mol. The van der Waals surface area contributed by atoms with Gasteiger partial charge in [-0.25, -0.2) is 0 Å². The zero-order valence-corrected chi connectivity index (χ0v) is 11.2. The molecule has 1 saturated carbocycles. The summed E-state index contributed by atoms with van der Waals surface area (Å²) in [5, 5.41) is 18.3. The highest BCUT2D eigenvalue weighted by atomic mass is 16.6. The van der Waals surface area contributed by atoms with Crippen LogP contribution >= 0.6 is 0 Å². The van der Waals surface area contributed by atoms with Crippen molar-refractivity contribution in [1.29, 1.82) is 5.41 Å². The maximum atomic E-state index is 11.0. The summed E-state index contributed by atoms with van der Waals surface area (Å²) < 4.78 is 10.6. The first-order chi connectivity index (χ1) is 9.46. The van der Waals surface area contributed by atoms with Crippen molar-refractivity contribution >= 4 is 11.5 Å². The quantitative estimate of drug-likeness (QED) is 0.343. The Kier molecular flexibility index (Phi) is 3.78. The minimum absolute atomic E-state index is 0.0931. The van der Waals surface area contributed by atoms with E-state index in [9.17, 15) is 10.1 Å². The highest BCUT2D eigenvalue weighted by molar-refractivity contribution is 5.78. The number of rotatable bonds is 7. The molecule has 1 aliphatic carbocycles. The van der Waals surface area contributed by atoms with Crippen LogP contribution in [-0.2, 0) is 0 Å². The fraction of sp³-hybridized carbons (Fsp3) is 0.462. The Hall–Kier alpha value is -2.31. The minimum Gasteiger partial charge on any atom is -0.497 e. The van der Waals surface area contributed by atoms with Crippen molar-refractivity contribution < 1.29 is 14.4 Å². The zero-order chi connectivity index (χ0) is 14.8. The normalized spacial score (nSPS) is 15.4. The summed E-state index contributed by atoms with van der Waals surface area (Å²) in [6.07, 6.45) is 2.31. The Bertz CT molecular complexity index is 540. The molecule has 2 rings (SSSR count). The number of benzene rings is 1. The van der Waals surface area contributed by atoms with Crippen LogP contribution in [0, 0.1) is 20.9 Å². The van der Waals surface area contributed by atoms with E-state index in [0.717, 1.165) is 12.8 Å². The van der Waals surface area contributed by atoms with E-state index in [1.807, 2.05) is 0 Å². The Balaban J connectivity index is 2.12. The van der Waals surface area contributed by atoms with Crippen molar-refractivity contribution in [3.8, 4) is 11.5 Å². The average molecular weight is 279 g/mol. The number of nitro groups is 1. The van der Waals surface area contributed by atoms with Gasteiger partial charge in [-0.05, 0) is 18.9 Å². The van der Waals surface area contributed by atoms with E-state index in [0.29, 0.717) is 18.8 Å². The molecule has 7 heteroatoms. The Morgan fingerprint density at radius 3 is 2.75 bits per heavy atom. The van der Waals surface area contributed by atoms with Crippen LogP contribution in [0.5, 0.6) is 11.5 Å². The number of nitrogens with one attached hydrogen (secondary N) is 1. The second-order valence-corrected chi connectivity index (χ2v) is 5.08. The average Bonchev–Trinajstić information content (AvgIpc) is 3.15. The standard InChI is InChI=1S/C13H17N3O4/c1-19-9-2-3-10(16(17)18)11(6-9)20-8-13(4-5-13)7-12(14)15/h2-3,6H,4-5,7-8H2,1H3,(H3,14,15). The second-order valence-electron chi connectivity index (χ2n) is 5.08. The lowest BCUT2D eigenvalue weighted by Crippen LogP contribution is -2.22. The molecule has 1 aliphatic rings. The lowest BCUT2D eigenvalue weighted by Gasteiger charge is -2.15. The van der Waals surface area contributed by atoms with E-state index in [4.69, 9.17) is 20.6 Å². The van der Waals surface area contributed by atoms with E-state index in [1.165, 1.54) is 25.3 Å². The summed E-state index contributed by atoms with van der Waals surface area (Å²) >= 11 is 0. The third kappa shape index (κ3) is 3.17. The van der Waals surface area contributed by atoms with Gasteiger partial charge in [0.2, 0.25) is 5.75 Å². The molecule has 1 fully saturated rings. The molecular formula is C13H17N3O4. The summed E-state index contributed by atoms with van der Waals surface area (Å²) in [6, 6.07) is 4.38. The van der Waals surface area contributed by atoms with Crippen LogP contribution in [-0.4, -0.2) is 24.5 Å². The van der Waals surface area contributed by atoms with Gasteiger partial charge in [0.05, 0.1) is 24.5 Å². The van der Waals surface area contributed by atoms with E-state index < -0.39 is 4.92 Å². The number of nitro benzene ring substituents is 1. The fourth-order valence-electron chi connectivity index (χ4n) is 2.07. The summed E-state index contributed by atoms with van der Waals surface area (Å²) in [5.41, 5.74) is 5.18. The molecule has 0 unspecified atom stereocenters. The van der Waals surface area contributed by atoms with Crippen LogP contribution in [0.15, 0.2) is 18.2 Å². The SMILES string of the molecule is COc1ccc([N+](=O)[O-])c(OCC2(CC(=N)N)CC2)c1. The molecule has 0 radical (unpaired) electrons. The molecule has 0 saturated heterocycles. The minimum atomic E-state index is -0.487. The molecule has 0 atom stereocenters. The smallest absolute Gasteiger partial charge is 0.311 e. The lowest BCUT2D eigenvalue weighted by molar-refractivity contribution is -0.385. The molecule has 7 nitrogen and oxygen atoms in total. The Labute approximate surface area is 116 Å². The van der Waals surface area contributed by atoms with Crippen LogP contribution in [0.4, 0.5) is 5.69 Å². The second kappa shape index (κ2) is 5.36. The third-order valence-corrected chi connectivity index (χ3v) is 3.42. The summed E-state index contributed by atoms with van der Waals surface area (Å²) in [4.78, 5) is 10.5. The van der Waals surface area contributed by atoms with Gasteiger partial charge in [-0.1, -0.05) is 0 Å². The van der Waals surface area contributed by atoms with E-state index in [1.54, 1.807) is 0 Å². The van der Waals surface area contributed by atoms with E-state index in [-0.39, 0.29) is 22.7 Å². The number of nitrogens with zero attached hydrogens (tertiary/aromatic N) is 1. The molecule has 0 aromatic heterocycles. The predicted molar refractivity (Wildman–Crippen MR) is 73.3 cm³/mol. The molecule has 0 heterocycles. The fourth-order valence-corrected chi connectivity index (χ4v) is 2.07. The van der Waals surface area contributed by atoms with Crippen LogP contribution in [0.2, 0.25) is 0 Å². The van der Waals surface area contributed by atoms with Gasteiger partial charge < -0.3 is 15.2 Å². The molecule has 1 aromatic rings. The van der Waals surface area contributed by atoms with Crippen molar-refractivity contribution in [3.05, 3.63) is 28.3 Å². The molecule has 0 spiro atoms. The van der Waals surface area contributed by atoms with Gasteiger partial charge in [0.25, 0.3) is 0 Å². The van der Waals surface area contributed by atoms with E-state index in [2.05, 4.69) is 0 Å². The molecule has 3 N–H and O–H groups in total. The molecule has 0 aliphatic heterocycles. The summed E-state index contributed by atoms with van der Waals surface area (Å²) in [5.74, 6) is 0.803. The van der Waals surface area contributed by atoms with Crippen LogP contribution in [0.25, 0.3) is 0 Å². The first-order valence-corrected chi connectivity index (χ1v) is 6.24. The highest BCUT2D eigenvalue weighted by Gasteiger charge is 2.44. The lowest BCUT2D eigenvalue weighted by atomic mass is 10.0. The Morgan fingerprint density at radius 1 is 1.55 bits per heavy atom. The number of ether oxygens (including phenoxy) is 2. The number of methoxy groups -OCH3 is 1. The predicted octanol–water partition coefficient (Wildman–Crippen LogP) is 2.09. The summed E-state index contributed by atoms with van der Waals surface area (Å²) in [6.45, 7) is 0.320. The molecular weight excluding hydrogens is 262 g/mol. The third-order valence-electron chi connectivity index (χ3n) is 3.42. The first-order valence-electron chi connectivity index (χ1n) is 6.24. The van der Waals surface area contributed by atoms with Crippen molar-refractivity contribution in [2.45, 2.75) is 19.3 Å². The maximum absolute atomic E-state index is 11.0. The molecule has 108 valence electrons. The van der Waals surface area contributed by atoms with Crippen molar-refractivity contribution in [2.24, 2.45) is 11.1 Å². The van der Waals surface area contributed by atoms with Gasteiger partial charge in [0.1, 0.15) is 5.75 Å². The van der Waals surface area contributed by atoms with Gasteiger partial charge in [-0.15, -0.1) is 0 Å². The van der Waals surface area contributed by atoms with Gasteiger partial charge in [0, 0.05) is 24.0 Å². The van der Waals surface area contributed by atoms with Crippen LogP contribution < -0.4 is 15.2 Å². The van der Waals surface area contributed by atoms with E-state index >= 15 is 0 Å². The largest absolute Gasteiger partial charge is 0.497 e. The van der Waals surface area contributed by atoms with Gasteiger partial charge in [-0.3, -0.25) is 15.5 Å². The first kappa shape index (κ1) is 14.1. The topological polar surface area (TPSA) is 111 Å². The zero-order valence-electron chi connectivity index (χ0n) is 11.2. The number of amidine groups is 1. The number of nitrogens with two attached hydrogens (primary N) is 1. The van der Waals surface area contributed by atoms with Gasteiger partial charge in [0.15, 0.2) is 0 Å². The van der Waals surface area contributed by atoms with Crippen molar-refractivity contribution in [3.63, 3.8) is 0 Å². The van der Waals surface area contributed by atoms with Crippen molar-refractivity contribution in [2.75, 3.05) is 13.7 Å². The van der Waals surface area contributed by atoms with Gasteiger partial charge >= 0.3 is 5.69 Å². The van der Waals surface area contributed by atoms with Crippen LogP contribution in [0.1, 0.15) is 19.3 Å².